The molecule has 0 aliphatic heterocycles. The van der Waals surface area contributed by atoms with Crippen molar-refractivity contribution in [3.63, 3.8) is 0 Å². The minimum absolute atomic E-state index is 0.640. The van der Waals surface area contributed by atoms with E-state index in [4.69, 9.17) is 9.97 Å². The van der Waals surface area contributed by atoms with Crippen LogP contribution in [0.15, 0.2) is 182 Å². The van der Waals surface area contributed by atoms with Gasteiger partial charge in [-0.25, -0.2) is 9.97 Å². The molecular formula is C46H30N4. The minimum atomic E-state index is 0.640. The third-order valence-electron chi connectivity index (χ3n) is 9.81. The second-order valence-electron chi connectivity index (χ2n) is 12.7. The lowest BCUT2D eigenvalue weighted by atomic mass is 9.92. The molecule has 0 amide bonds. The zero-order chi connectivity index (χ0) is 33.0. The van der Waals surface area contributed by atoms with Crippen molar-refractivity contribution in [2.45, 2.75) is 0 Å². The summed E-state index contributed by atoms with van der Waals surface area (Å²) in [7, 11) is 0. The highest BCUT2D eigenvalue weighted by molar-refractivity contribution is 6.28. The summed E-state index contributed by atoms with van der Waals surface area (Å²) < 4.78 is 4.63. The molecule has 0 saturated heterocycles. The van der Waals surface area contributed by atoms with Crippen molar-refractivity contribution >= 4 is 43.6 Å². The van der Waals surface area contributed by atoms with Crippen LogP contribution in [-0.4, -0.2) is 19.1 Å². The average Bonchev–Trinajstić information content (AvgIpc) is 3.71. The smallest absolute Gasteiger partial charge is 0.234 e. The highest BCUT2D eigenvalue weighted by Crippen LogP contribution is 2.47. The molecule has 0 aliphatic rings. The van der Waals surface area contributed by atoms with Crippen molar-refractivity contribution in [1.82, 2.24) is 19.1 Å². The van der Waals surface area contributed by atoms with Gasteiger partial charge in [0.2, 0.25) is 5.95 Å². The van der Waals surface area contributed by atoms with Crippen molar-refractivity contribution in [2.75, 3.05) is 0 Å². The Labute approximate surface area is 289 Å². The molecule has 0 unspecified atom stereocenters. The van der Waals surface area contributed by atoms with Gasteiger partial charge in [-0.3, -0.25) is 4.57 Å². The summed E-state index contributed by atoms with van der Waals surface area (Å²) in [6, 6.07) is 60.4. The number of fused-ring (bicyclic) bond motifs is 6. The summed E-state index contributed by atoms with van der Waals surface area (Å²) in [5, 5.41) is 4.79. The molecule has 0 atom stereocenters. The van der Waals surface area contributed by atoms with E-state index >= 15 is 0 Å². The van der Waals surface area contributed by atoms with Gasteiger partial charge in [0.25, 0.3) is 0 Å². The number of benzene rings is 7. The lowest BCUT2D eigenvalue weighted by Gasteiger charge is -2.13. The fraction of sp³-hybridized carbons (Fsp3) is 0. The molecule has 0 spiro atoms. The number of hydrogen-bond donors (Lipinski definition) is 0. The van der Waals surface area contributed by atoms with Crippen molar-refractivity contribution in [3.8, 4) is 45.0 Å². The zero-order valence-corrected chi connectivity index (χ0v) is 27.1. The van der Waals surface area contributed by atoms with E-state index in [0.717, 1.165) is 38.8 Å². The molecule has 4 nitrogen and oxygen atoms in total. The maximum atomic E-state index is 5.00. The van der Waals surface area contributed by atoms with Crippen LogP contribution in [0.4, 0.5) is 0 Å². The van der Waals surface area contributed by atoms with Gasteiger partial charge in [-0.05, 0) is 58.7 Å². The number of rotatable bonds is 5. The summed E-state index contributed by atoms with van der Waals surface area (Å²) in [6.45, 7) is 0. The van der Waals surface area contributed by atoms with Gasteiger partial charge in [-0.2, -0.15) is 0 Å². The highest BCUT2D eigenvalue weighted by Gasteiger charge is 2.24. The van der Waals surface area contributed by atoms with Crippen molar-refractivity contribution in [2.24, 2.45) is 0 Å². The Hall–Kier alpha value is -6.78. The molecule has 7 aromatic carbocycles. The molecule has 4 heteroatoms. The molecule has 234 valence electrons. The van der Waals surface area contributed by atoms with Gasteiger partial charge in [0, 0.05) is 50.8 Å². The Morgan fingerprint density at radius 3 is 1.46 bits per heavy atom. The summed E-state index contributed by atoms with van der Waals surface area (Å²) in [6.07, 6.45) is 3.87. The van der Waals surface area contributed by atoms with E-state index in [0.29, 0.717) is 5.95 Å². The lowest BCUT2D eigenvalue weighted by molar-refractivity contribution is 0.990. The third-order valence-corrected chi connectivity index (χ3v) is 9.81. The molecule has 10 rings (SSSR count). The Morgan fingerprint density at radius 2 is 0.820 bits per heavy atom. The van der Waals surface area contributed by atoms with E-state index in [-0.39, 0.29) is 0 Å². The summed E-state index contributed by atoms with van der Waals surface area (Å²) in [5.41, 5.74) is 12.4. The Bertz CT molecular complexity index is 2830. The van der Waals surface area contributed by atoms with Crippen LogP contribution in [-0.2, 0) is 0 Å². The molecule has 0 radical (unpaired) electrons. The second kappa shape index (κ2) is 11.4. The first-order chi connectivity index (χ1) is 24.8. The van der Waals surface area contributed by atoms with E-state index in [9.17, 15) is 0 Å². The van der Waals surface area contributed by atoms with Gasteiger partial charge in [0.1, 0.15) is 0 Å². The van der Waals surface area contributed by atoms with Crippen molar-refractivity contribution in [3.05, 3.63) is 182 Å². The number of nitrogens with zero attached hydrogens (tertiary/aromatic N) is 4. The molecule has 0 bridgehead atoms. The standard InChI is InChI=1S/C46H30N4/c1-4-15-31(16-5-1)33-19-14-20-34(27-33)43-44-37-23-10-12-25-39(37)49(36-21-8-3-9-22-36)41(44)28-42-45(43)38-24-11-13-26-40(38)50(42)46-47-29-35(30-48-46)32-17-6-2-7-18-32/h1-30H. The largest absolute Gasteiger partial charge is 0.309 e. The number of hydrogen-bond acceptors (Lipinski definition) is 2. The first kappa shape index (κ1) is 28.3. The fourth-order valence-corrected chi connectivity index (χ4v) is 7.63. The van der Waals surface area contributed by atoms with Crippen LogP contribution in [0.3, 0.4) is 0 Å². The fourth-order valence-electron chi connectivity index (χ4n) is 7.63. The molecular weight excluding hydrogens is 609 g/mol. The monoisotopic (exact) mass is 638 g/mol. The first-order valence-electron chi connectivity index (χ1n) is 16.9. The van der Waals surface area contributed by atoms with Crippen molar-refractivity contribution < 1.29 is 0 Å². The Kier molecular flexibility index (Phi) is 6.46. The van der Waals surface area contributed by atoms with Crippen LogP contribution >= 0.6 is 0 Å². The molecule has 50 heavy (non-hydrogen) atoms. The third kappa shape index (κ3) is 4.39. The SMILES string of the molecule is c1ccc(-c2cnc(-n3c4ccccc4c4c(-c5cccc(-c6ccccc6)c5)c5c6ccccc6n(-c6ccccc6)c5cc43)nc2)cc1. The molecule has 10 aromatic rings. The topological polar surface area (TPSA) is 35.6 Å². The van der Waals surface area contributed by atoms with Crippen LogP contribution in [0.1, 0.15) is 0 Å². The van der Waals surface area contributed by atoms with Gasteiger partial charge in [-0.1, -0.05) is 133 Å². The summed E-state index contributed by atoms with van der Waals surface area (Å²) in [4.78, 5) is 10.0. The molecule has 0 fully saturated rings. The quantitative estimate of drug-likeness (QED) is 0.188. The van der Waals surface area contributed by atoms with Crippen molar-refractivity contribution in [1.29, 1.82) is 0 Å². The maximum absolute atomic E-state index is 5.00. The van der Waals surface area contributed by atoms with Crippen LogP contribution in [0.2, 0.25) is 0 Å². The Balaban J connectivity index is 1.36. The second-order valence-corrected chi connectivity index (χ2v) is 12.7. The van der Waals surface area contributed by atoms with E-state index in [1.807, 2.05) is 30.6 Å². The van der Waals surface area contributed by atoms with Gasteiger partial charge >= 0.3 is 0 Å². The molecule has 0 saturated carbocycles. The van der Waals surface area contributed by atoms with E-state index < -0.39 is 0 Å². The van der Waals surface area contributed by atoms with E-state index in [1.54, 1.807) is 0 Å². The highest BCUT2D eigenvalue weighted by atomic mass is 15.2. The predicted molar refractivity (Wildman–Crippen MR) is 207 cm³/mol. The Morgan fingerprint density at radius 1 is 0.340 bits per heavy atom. The maximum Gasteiger partial charge on any atom is 0.234 e. The zero-order valence-electron chi connectivity index (χ0n) is 27.1. The number of aromatic nitrogens is 4. The van der Waals surface area contributed by atoms with Crippen LogP contribution < -0.4 is 0 Å². The molecule has 3 heterocycles. The normalized spacial score (nSPS) is 11.6. The van der Waals surface area contributed by atoms with Crippen LogP contribution in [0.5, 0.6) is 0 Å². The van der Waals surface area contributed by atoms with Crippen LogP contribution in [0.25, 0.3) is 88.6 Å². The van der Waals surface area contributed by atoms with Crippen LogP contribution in [0, 0.1) is 0 Å². The summed E-state index contributed by atoms with van der Waals surface area (Å²) >= 11 is 0. The van der Waals surface area contributed by atoms with Gasteiger partial charge < -0.3 is 4.57 Å². The average molecular weight is 639 g/mol. The van der Waals surface area contributed by atoms with E-state index in [1.165, 1.54) is 43.9 Å². The minimum Gasteiger partial charge on any atom is -0.309 e. The molecule has 3 aromatic heterocycles. The van der Waals surface area contributed by atoms with Gasteiger partial charge in [-0.15, -0.1) is 0 Å². The first-order valence-corrected chi connectivity index (χ1v) is 16.9. The molecule has 0 N–H and O–H groups in total. The lowest BCUT2D eigenvalue weighted by Crippen LogP contribution is -2.01. The predicted octanol–water partition coefficient (Wildman–Crippen LogP) is 11.7. The van der Waals surface area contributed by atoms with E-state index in [2.05, 4.69) is 161 Å². The summed E-state index contributed by atoms with van der Waals surface area (Å²) in [5.74, 6) is 0.640. The van der Waals surface area contributed by atoms with Gasteiger partial charge in [0.05, 0.1) is 22.1 Å². The number of para-hydroxylation sites is 3. The molecule has 0 aliphatic carbocycles. The van der Waals surface area contributed by atoms with Gasteiger partial charge in [0.15, 0.2) is 0 Å².